The van der Waals surface area contributed by atoms with Crippen molar-refractivity contribution in [3.05, 3.63) is 89.3 Å². The number of rotatable bonds is 5. The number of pyridine rings is 2. The lowest BCUT2D eigenvalue weighted by atomic mass is 9.91. The lowest BCUT2D eigenvalue weighted by Gasteiger charge is -2.23. The Balaban J connectivity index is 0.00000140. The third-order valence-corrected chi connectivity index (χ3v) is 7.04. The molecule has 0 atom stereocenters. The van der Waals surface area contributed by atoms with E-state index in [9.17, 15) is 4.79 Å². The number of halogens is 3. The summed E-state index contributed by atoms with van der Waals surface area (Å²) in [4.78, 5) is 22.5. The number of aromatic nitrogens is 5. The van der Waals surface area contributed by atoms with Crippen molar-refractivity contribution < 1.29 is 4.79 Å². The standard InChI is InChI=1S/C28H29N7O.3ClH/c1-18-5-3-6-22(31-18)17-35-24-8-4-7-23(27(24)19(2)33-35)32-28(36)25-16-30-26-15-21(11-14-34(25)26)20-9-12-29-13-10-20;;;/h3-8,11,14-16,20,29H,9-10,12-13,17H2,1-2H3,(H,32,36);3*1H. The number of anilines is 1. The summed E-state index contributed by atoms with van der Waals surface area (Å²) in [6, 6.07) is 16.1. The Kier molecular flexibility index (Phi) is 9.96. The molecule has 0 radical (unpaired) electrons. The maximum atomic E-state index is 13.3. The van der Waals surface area contributed by atoms with Crippen molar-refractivity contribution in [2.75, 3.05) is 18.4 Å². The number of carbonyl (C=O) groups is 1. The lowest BCUT2D eigenvalue weighted by Crippen LogP contribution is -2.26. The van der Waals surface area contributed by atoms with Gasteiger partial charge in [-0.25, -0.2) is 4.98 Å². The summed E-state index contributed by atoms with van der Waals surface area (Å²) in [6.07, 6.45) is 5.87. The van der Waals surface area contributed by atoms with E-state index in [2.05, 4.69) is 32.7 Å². The number of aryl methyl sites for hydroxylation is 2. The number of nitrogens with one attached hydrogen (secondary N) is 2. The Bertz CT molecular complexity index is 1590. The van der Waals surface area contributed by atoms with Gasteiger partial charge in [0.15, 0.2) is 0 Å². The molecule has 11 heteroatoms. The molecule has 1 fully saturated rings. The minimum Gasteiger partial charge on any atom is -0.320 e. The first-order chi connectivity index (χ1) is 17.6. The largest absolute Gasteiger partial charge is 0.320 e. The van der Waals surface area contributed by atoms with E-state index in [1.165, 1.54) is 5.56 Å². The molecule has 4 aromatic heterocycles. The fraction of sp³-hybridized carbons (Fsp3) is 0.286. The molecule has 1 aliphatic rings. The molecule has 0 spiro atoms. The second-order valence-corrected chi connectivity index (χ2v) is 9.52. The zero-order valence-corrected chi connectivity index (χ0v) is 24.2. The van der Waals surface area contributed by atoms with Gasteiger partial charge in [0.2, 0.25) is 0 Å². The first-order valence-corrected chi connectivity index (χ1v) is 12.4. The van der Waals surface area contributed by atoms with Crippen LogP contribution >= 0.6 is 37.2 Å². The van der Waals surface area contributed by atoms with E-state index in [-0.39, 0.29) is 43.1 Å². The van der Waals surface area contributed by atoms with Crippen molar-refractivity contribution in [3.8, 4) is 0 Å². The van der Waals surface area contributed by atoms with Crippen LogP contribution in [0.5, 0.6) is 0 Å². The molecule has 1 aliphatic heterocycles. The zero-order chi connectivity index (χ0) is 24.6. The maximum absolute atomic E-state index is 13.3. The Morgan fingerprint density at radius 3 is 2.59 bits per heavy atom. The molecule has 8 nitrogen and oxygen atoms in total. The number of hydrogen-bond acceptors (Lipinski definition) is 5. The molecule has 0 saturated carbocycles. The number of benzene rings is 1. The van der Waals surface area contributed by atoms with Crippen LogP contribution in [-0.4, -0.2) is 43.1 Å². The summed E-state index contributed by atoms with van der Waals surface area (Å²) in [5.74, 6) is 0.342. The highest BCUT2D eigenvalue weighted by atomic mass is 35.5. The van der Waals surface area contributed by atoms with Crippen molar-refractivity contribution in [1.82, 2.24) is 29.5 Å². The van der Waals surface area contributed by atoms with Gasteiger partial charge in [-0.2, -0.15) is 5.10 Å². The molecular weight excluding hydrogens is 557 g/mol. The molecule has 1 saturated heterocycles. The van der Waals surface area contributed by atoms with E-state index in [1.807, 2.05) is 65.5 Å². The molecule has 6 rings (SSSR count). The number of piperidine rings is 1. The first-order valence-electron chi connectivity index (χ1n) is 12.4. The molecule has 1 amide bonds. The molecule has 206 valence electrons. The van der Waals surface area contributed by atoms with E-state index in [1.54, 1.807) is 6.20 Å². The SMILES string of the molecule is Cc1cccc(Cn2nc(C)c3c(NC(=O)c4cnc5cc(C6CCNCC6)ccn45)cccc32)n1.Cl.Cl.Cl. The third-order valence-electron chi connectivity index (χ3n) is 7.04. The molecule has 5 aromatic rings. The summed E-state index contributed by atoms with van der Waals surface area (Å²) in [5, 5.41) is 12.2. The monoisotopic (exact) mass is 587 g/mol. The van der Waals surface area contributed by atoms with Crippen LogP contribution in [0, 0.1) is 13.8 Å². The van der Waals surface area contributed by atoms with E-state index in [0.717, 1.165) is 65.3 Å². The topological polar surface area (TPSA) is 89.1 Å². The highest BCUT2D eigenvalue weighted by Gasteiger charge is 2.19. The lowest BCUT2D eigenvalue weighted by molar-refractivity contribution is 0.102. The van der Waals surface area contributed by atoms with Crippen molar-refractivity contribution in [3.63, 3.8) is 0 Å². The van der Waals surface area contributed by atoms with Gasteiger partial charge in [-0.05, 0) is 87.7 Å². The normalized spacial score (nSPS) is 13.4. The number of hydrogen-bond donors (Lipinski definition) is 2. The Morgan fingerprint density at radius 1 is 1.05 bits per heavy atom. The van der Waals surface area contributed by atoms with E-state index in [0.29, 0.717) is 18.2 Å². The summed E-state index contributed by atoms with van der Waals surface area (Å²) < 4.78 is 3.80. The molecule has 2 N–H and O–H groups in total. The van der Waals surface area contributed by atoms with Gasteiger partial charge in [-0.1, -0.05) is 12.1 Å². The number of carbonyl (C=O) groups excluding carboxylic acids is 1. The minimum atomic E-state index is -0.197. The number of nitrogens with zero attached hydrogens (tertiary/aromatic N) is 5. The summed E-state index contributed by atoms with van der Waals surface area (Å²) in [7, 11) is 0. The molecule has 39 heavy (non-hydrogen) atoms. The van der Waals surface area contributed by atoms with Gasteiger partial charge in [0.25, 0.3) is 5.91 Å². The molecule has 0 aliphatic carbocycles. The number of amides is 1. The van der Waals surface area contributed by atoms with Crippen molar-refractivity contribution in [2.24, 2.45) is 0 Å². The maximum Gasteiger partial charge on any atom is 0.274 e. The summed E-state index contributed by atoms with van der Waals surface area (Å²) in [5.41, 5.74) is 7.07. The Hall–Kier alpha value is -3.17. The summed E-state index contributed by atoms with van der Waals surface area (Å²) in [6.45, 7) is 6.60. The van der Waals surface area contributed by atoms with Gasteiger partial charge in [0.1, 0.15) is 11.3 Å². The number of fused-ring (bicyclic) bond motifs is 2. The highest BCUT2D eigenvalue weighted by Crippen LogP contribution is 2.29. The van der Waals surface area contributed by atoms with Crippen molar-refractivity contribution in [2.45, 2.75) is 39.2 Å². The fourth-order valence-electron chi connectivity index (χ4n) is 5.25. The van der Waals surface area contributed by atoms with Crippen LogP contribution in [0.2, 0.25) is 0 Å². The molecular formula is C28H32Cl3N7O. The molecule has 0 bridgehead atoms. The second-order valence-electron chi connectivity index (χ2n) is 9.52. The van der Waals surface area contributed by atoms with Crippen LogP contribution in [0.1, 0.15) is 51.9 Å². The zero-order valence-electron chi connectivity index (χ0n) is 21.8. The van der Waals surface area contributed by atoms with Crippen LogP contribution in [-0.2, 0) is 6.54 Å². The minimum absolute atomic E-state index is 0. The molecule has 1 aromatic carbocycles. The first kappa shape index (κ1) is 30.4. The Labute approximate surface area is 245 Å². The highest BCUT2D eigenvalue weighted by molar-refractivity contribution is 6.08. The fourth-order valence-corrected chi connectivity index (χ4v) is 5.25. The van der Waals surface area contributed by atoms with Crippen molar-refractivity contribution >= 4 is 65.4 Å². The van der Waals surface area contributed by atoms with Crippen LogP contribution < -0.4 is 10.6 Å². The van der Waals surface area contributed by atoms with E-state index in [4.69, 9.17) is 5.10 Å². The van der Waals surface area contributed by atoms with Gasteiger partial charge in [-0.15, -0.1) is 37.2 Å². The summed E-state index contributed by atoms with van der Waals surface area (Å²) >= 11 is 0. The van der Waals surface area contributed by atoms with Gasteiger partial charge in [-0.3, -0.25) is 18.9 Å². The predicted molar refractivity (Wildman–Crippen MR) is 162 cm³/mol. The predicted octanol–water partition coefficient (Wildman–Crippen LogP) is 5.73. The van der Waals surface area contributed by atoms with Gasteiger partial charge in [0, 0.05) is 17.3 Å². The van der Waals surface area contributed by atoms with E-state index < -0.39 is 0 Å². The average molecular weight is 589 g/mol. The molecule has 5 heterocycles. The van der Waals surface area contributed by atoms with Gasteiger partial charge < -0.3 is 10.6 Å². The quantitative estimate of drug-likeness (QED) is 0.274. The van der Waals surface area contributed by atoms with Crippen LogP contribution in [0.3, 0.4) is 0 Å². The molecule has 0 unspecified atom stereocenters. The number of imidazole rings is 1. The van der Waals surface area contributed by atoms with Gasteiger partial charge >= 0.3 is 0 Å². The third kappa shape index (κ3) is 6.04. The van der Waals surface area contributed by atoms with Crippen molar-refractivity contribution in [1.29, 1.82) is 0 Å². The average Bonchev–Trinajstić information content (AvgIpc) is 3.46. The van der Waals surface area contributed by atoms with Gasteiger partial charge in [0.05, 0.1) is 35.3 Å². The Morgan fingerprint density at radius 2 is 1.82 bits per heavy atom. The van der Waals surface area contributed by atoms with E-state index >= 15 is 0 Å². The van der Waals surface area contributed by atoms with Crippen LogP contribution in [0.15, 0.2) is 60.9 Å². The second kappa shape index (κ2) is 12.8. The van der Waals surface area contributed by atoms with Crippen LogP contribution in [0.25, 0.3) is 16.6 Å². The smallest absolute Gasteiger partial charge is 0.274 e. The van der Waals surface area contributed by atoms with Crippen LogP contribution in [0.4, 0.5) is 5.69 Å².